The average molecular weight is 328 g/mol. The summed E-state index contributed by atoms with van der Waals surface area (Å²) >= 11 is 7.94. The van der Waals surface area contributed by atoms with E-state index in [4.69, 9.17) is 22.7 Å². The zero-order valence-corrected chi connectivity index (χ0v) is 11.3. The third-order valence-electron chi connectivity index (χ3n) is 1.99. The molecule has 0 aliphatic rings. The van der Waals surface area contributed by atoms with E-state index < -0.39 is 0 Å². The highest BCUT2D eigenvalue weighted by atomic mass is 79.9. The Morgan fingerprint density at radius 1 is 1.33 bits per heavy atom. The van der Waals surface area contributed by atoms with Gasteiger partial charge in [0.05, 0.1) is 16.9 Å². The minimum atomic E-state index is -0.357. The van der Waals surface area contributed by atoms with Gasteiger partial charge < -0.3 is 10.5 Å². The smallest absolute Gasteiger partial charge is 0.237 e. The number of nitrogens with zero attached hydrogens (tertiary/aromatic N) is 2. The number of hydrogen-bond acceptors (Lipinski definition) is 4. The second-order valence-electron chi connectivity index (χ2n) is 3.28. The Balaban J connectivity index is 2.21. The minimum absolute atomic E-state index is 0.164. The molecule has 0 aliphatic heterocycles. The lowest BCUT2D eigenvalue weighted by Crippen LogP contribution is -2.11. The van der Waals surface area contributed by atoms with Crippen molar-refractivity contribution in [3.63, 3.8) is 0 Å². The first kappa shape index (κ1) is 12.8. The molecule has 2 N–H and O–H groups in total. The van der Waals surface area contributed by atoms with Crippen LogP contribution < -0.4 is 10.5 Å². The van der Waals surface area contributed by atoms with Crippen LogP contribution in [0.4, 0.5) is 4.39 Å². The van der Waals surface area contributed by atoms with Gasteiger partial charge in [-0.25, -0.2) is 14.4 Å². The van der Waals surface area contributed by atoms with Crippen molar-refractivity contribution in [2.75, 3.05) is 0 Å². The molecule has 0 aliphatic carbocycles. The molecule has 0 saturated heterocycles. The summed E-state index contributed by atoms with van der Waals surface area (Å²) in [5, 5.41) is 0. The van der Waals surface area contributed by atoms with E-state index >= 15 is 0 Å². The maximum Gasteiger partial charge on any atom is 0.237 e. The number of rotatable bonds is 3. The van der Waals surface area contributed by atoms with Gasteiger partial charge in [-0.05, 0) is 34.1 Å². The van der Waals surface area contributed by atoms with E-state index in [2.05, 4.69) is 25.9 Å². The molecule has 0 amide bonds. The summed E-state index contributed by atoms with van der Waals surface area (Å²) in [6, 6.07) is 4.08. The van der Waals surface area contributed by atoms with Crippen LogP contribution in [0.2, 0.25) is 0 Å². The van der Waals surface area contributed by atoms with Crippen molar-refractivity contribution < 1.29 is 9.13 Å². The fraction of sp³-hybridized carbons (Fsp3) is 0. The molecule has 1 aromatic carbocycles. The fourth-order valence-corrected chi connectivity index (χ4v) is 1.70. The van der Waals surface area contributed by atoms with Gasteiger partial charge in [-0.3, -0.25) is 0 Å². The average Bonchev–Trinajstić information content (AvgIpc) is 2.33. The third-order valence-corrected chi connectivity index (χ3v) is 2.82. The molecule has 7 heteroatoms. The Hall–Kier alpha value is -1.60. The summed E-state index contributed by atoms with van der Waals surface area (Å²) in [5.74, 6) is 0.347. The molecule has 1 aromatic heterocycles. The van der Waals surface area contributed by atoms with Gasteiger partial charge in [-0.2, -0.15) is 0 Å². The standard InChI is InChI=1S/C11H7BrFN3OS/c12-7-3-6(13)1-2-9(7)17-10-5-15-8(4-16-10)11(14)18/h1-5H,(H2,14,18). The monoisotopic (exact) mass is 327 g/mol. The van der Waals surface area contributed by atoms with Crippen LogP contribution in [0.1, 0.15) is 5.69 Å². The summed E-state index contributed by atoms with van der Waals surface area (Å²) < 4.78 is 18.8. The molecular formula is C11H7BrFN3OS. The number of hydrogen-bond donors (Lipinski definition) is 1. The molecule has 2 aromatic rings. The van der Waals surface area contributed by atoms with Gasteiger partial charge in [0.15, 0.2) is 0 Å². The van der Waals surface area contributed by atoms with E-state index in [1.807, 2.05) is 0 Å². The highest BCUT2D eigenvalue weighted by molar-refractivity contribution is 9.10. The van der Waals surface area contributed by atoms with Crippen LogP contribution in [0.15, 0.2) is 35.1 Å². The van der Waals surface area contributed by atoms with E-state index in [-0.39, 0.29) is 16.7 Å². The van der Waals surface area contributed by atoms with Gasteiger partial charge in [0, 0.05) is 0 Å². The van der Waals surface area contributed by atoms with Gasteiger partial charge in [0.1, 0.15) is 22.2 Å². The predicted molar refractivity (Wildman–Crippen MR) is 72.1 cm³/mol. The van der Waals surface area contributed by atoms with Crippen molar-refractivity contribution in [3.05, 3.63) is 46.6 Å². The topological polar surface area (TPSA) is 61.0 Å². The van der Waals surface area contributed by atoms with Crippen molar-refractivity contribution in [1.82, 2.24) is 9.97 Å². The summed E-state index contributed by atoms with van der Waals surface area (Å²) in [4.78, 5) is 8.13. The summed E-state index contributed by atoms with van der Waals surface area (Å²) in [5.41, 5.74) is 5.81. The Kier molecular flexibility index (Phi) is 3.83. The first-order valence-electron chi connectivity index (χ1n) is 4.81. The zero-order chi connectivity index (χ0) is 13.1. The molecule has 2 rings (SSSR count). The summed E-state index contributed by atoms with van der Waals surface area (Å²) in [7, 11) is 0. The fourth-order valence-electron chi connectivity index (χ4n) is 1.17. The van der Waals surface area contributed by atoms with Gasteiger partial charge in [0.2, 0.25) is 5.88 Å². The van der Waals surface area contributed by atoms with Gasteiger partial charge in [-0.1, -0.05) is 12.2 Å². The van der Waals surface area contributed by atoms with Gasteiger partial charge >= 0.3 is 0 Å². The Morgan fingerprint density at radius 3 is 2.67 bits per heavy atom. The maximum atomic E-state index is 12.9. The molecule has 0 fully saturated rings. The van der Waals surface area contributed by atoms with E-state index in [0.29, 0.717) is 15.9 Å². The van der Waals surface area contributed by atoms with Crippen LogP contribution in [0.25, 0.3) is 0 Å². The molecule has 0 bridgehead atoms. The zero-order valence-electron chi connectivity index (χ0n) is 8.93. The lowest BCUT2D eigenvalue weighted by Gasteiger charge is -2.06. The van der Waals surface area contributed by atoms with E-state index in [1.165, 1.54) is 30.6 Å². The highest BCUT2D eigenvalue weighted by Crippen LogP contribution is 2.28. The van der Waals surface area contributed by atoms with Crippen LogP contribution >= 0.6 is 28.1 Å². The number of ether oxygens (including phenoxy) is 1. The lowest BCUT2D eigenvalue weighted by molar-refractivity contribution is 0.455. The number of nitrogens with two attached hydrogens (primary N) is 1. The molecular weight excluding hydrogens is 321 g/mol. The Morgan fingerprint density at radius 2 is 2.11 bits per heavy atom. The van der Waals surface area contributed by atoms with Crippen LogP contribution in [-0.4, -0.2) is 15.0 Å². The molecule has 92 valence electrons. The summed E-state index contributed by atoms with van der Waals surface area (Å²) in [6.07, 6.45) is 2.80. The SMILES string of the molecule is NC(=S)c1cnc(Oc2ccc(F)cc2Br)cn1. The van der Waals surface area contributed by atoms with Crippen LogP contribution in [0.5, 0.6) is 11.6 Å². The normalized spacial score (nSPS) is 10.1. The second kappa shape index (κ2) is 5.36. The number of thiocarbonyl (C=S) groups is 1. The molecule has 0 radical (unpaired) electrons. The molecule has 4 nitrogen and oxygen atoms in total. The number of aromatic nitrogens is 2. The van der Waals surface area contributed by atoms with Crippen molar-refractivity contribution in [1.29, 1.82) is 0 Å². The Bertz CT molecular complexity index is 591. The number of benzene rings is 1. The second-order valence-corrected chi connectivity index (χ2v) is 4.58. The van der Waals surface area contributed by atoms with Crippen LogP contribution in [0, 0.1) is 5.82 Å². The van der Waals surface area contributed by atoms with E-state index in [0.717, 1.165) is 0 Å². The highest BCUT2D eigenvalue weighted by Gasteiger charge is 2.06. The minimum Gasteiger partial charge on any atom is -0.436 e. The molecule has 1 heterocycles. The van der Waals surface area contributed by atoms with E-state index in [1.54, 1.807) is 0 Å². The first-order chi connectivity index (χ1) is 8.56. The van der Waals surface area contributed by atoms with Crippen LogP contribution in [0.3, 0.4) is 0 Å². The van der Waals surface area contributed by atoms with Crippen molar-refractivity contribution in [2.24, 2.45) is 5.73 Å². The quantitative estimate of drug-likeness (QED) is 0.878. The largest absolute Gasteiger partial charge is 0.436 e. The van der Waals surface area contributed by atoms with Crippen LogP contribution in [-0.2, 0) is 0 Å². The summed E-state index contributed by atoms with van der Waals surface area (Å²) in [6.45, 7) is 0. The van der Waals surface area contributed by atoms with E-state index in [9.17, 15) is 4.39 Å². The Labute approximate surface area is 116 Å². The van der Waals surface area contributed by atoms with Crippen molar-refractivity contribution in [2.45, 2.75) is 0 Å². The molecule has 0 atom stereocenters. The lowest BCUT2D eigenvalue weighted by atomic mass is 10.3. The van der Waals surface area contributed by atoms with Gasteiger partial charge in [0.25, 0.3) is 0 Å². The van der Waals surface area contributed by atoms with Gasteiger partial charge in [-0.15, -0.1) is 0 Å². The first-order valence-corrected chi connectivity index (χ1v) is 6.01. The van der Waals surface area contributed by atoms with Crippen molar-refractivity contribution in [3.8, 4) is 11.6 Å². The maximum absolute atomic E-state index is 12.9. The molecule has 0 saturated carbocycles. The van der Waals surface area contributed by atoms with Crippen molar-refractivity contribution >= 4 is 33.1 Å². The molecule has 0 unspecified atom stereocenters. The third kappa shape index (κ3) is 2.99. The number of halogens is 2. The predicted octanol–water partition coefficient (Wildman–Crippen LogP) is 2.80. The molecule has 18 heavy (non-hydrogen) atoms. The molecule has 0 spiro atoms.